The lowest BCUT2D eigenvalue weighted by Crippen LogP contribution is -2.47. The first-order valence-corrected chi connectivity index (χ1v) is 10.6. The number of nitriles is 1. The van der Waals surface area contributed by atoms with Gasteiger partial charge in [0.25, 0.3) is 5.69 Å². The number of nitro benzene ring substituents is 1. The van der Waals surface area contributed by atoms with E-state index in [0.29, 0.717) is 22.3 Å². The van der Waals surface area contributed by atoms with E-state index < -0.39 is 4.92 Å². The Morgan fingerprint density at radius 2 is 1.87 bits per heavy atom. The van der Waals surface area contributed by atoms with E-state index in [9.17, 15) is 15.4 Å². The third-order valence-electron chi connectivity index (χ3n) is 5.44. The molecule has 0 saturated carbocycles. The minimum Gasteiger partial charge on any atom is -0.353 e. The van der Waals surface area contributed by atoms with Crippen LogP contribution < -0.4 is 9.80 Å². The molecule has 1 saturated heterocycles. The fourth-order valence-corrected chi connectivity index (χ4v) is 4.77. The van der Waals surface area contributed by atoms with Gasteiger partial charge in [0.1, 0.15) is 22.8 Å². The van der Waals surface area contributed by atoms with Gasteiger partial charge in [-0.3, -0.25) is 10.1 Å². The normalized spacial score (nSPS) is 14.2. The van der Waals surface area contributed by atoms with Gasteiger partial charge in [-0.25, -0.2) is 15.0 Å². The number of hydrogen-bond acceptors (Lipinski definition) is 9. The highest BCUT2D eigenvalue weighted by molar-refractivity contribution is 7.18. The molecule has 1 fully saturated rings. The van der Waals surface area contributed by atoms with Gasteiger partial charge in [-0.05, 0) is 25.1 Å². The molecule has 0 radical (unpaired) electrons. The Morgan fingerprint density at radius 1 is 1.10 bits per heavy atom. The van der Waals surface area contributed by atoms with Crippen LogP contribution in [0, 0.1) is 28.4 Å². The first-order valence-electron chi connectivity index (χ1n) is 9.74. The van der Waals surface area contributed by atoms with Crippen molar-refractivity contribution in [2.45, 2.75) is 6.92 Å². The summed E-state index contributed by atoms with van der Waals surface area (Å²) in [6.07, 6.45) is 1.61. The van der Waals surface area contributed by atoms with Gasteiger partial charge in [-0.15, -0.1) is 11.3 Å². The van der Waals surface area contributed by atoms with E-state index in [-0.39, 0.29) is 5.69 Å². The lowest BCUT2D eigenvalue weighted by molar-refractivity contribution is -0.384. The lowest BCUT2D eigenvalue weighted by Gasteiger charge is -2.36. The molecular formula is C21H17N7O2S. The highest BCUT2D eigenvalue weighted by Gasteiger charge is 2.22. The standard InChI is InChI=1S/C21H17N7O2S/c1-13-8-17-20(23-12-24-21(17)31-13)27-6-4-26(5-7-27)19-9-14(11-22)16-10-15(28(29)30)2-3-18(16)25-19/h2-3,8-10,12H,4-7H2,1H3. The summed E-state index contributed by atoms with van der Waals surface area (Å²) in [5.41, 5.74) is 0.915. The Labute approximate surface area is 181 Å². The molecule has 4 heterocycles. The Balaban J connectivity index is 1.42. The minimum atomic E-state index is -0.465. The number of aromatic nitrogens is 3. The number of hydrogen-bond donors (Lipinski definition) is 0. The zero-order valence-electron chi connectivity index (χ0n) is 16.6. The second-order valence-corrected chi connectivity index (χ2v) is 8.58. The number of nitro groups is 1. The van der Waals surface area contributed by atoms with Crippen LogP contribution in [0.3, 0.4) is 0 Å². The molecule has 0 spiro atoms. The number of rotatable bonds is 3. The van der Waals surface area contributed by atoms with Gasteiger partial charge in [0, 0.05) is 48.6 Å². The molecule has 4 aromatic rings. The summed E-state index contributed by atoms with van der Waals surface area (Å²) in [5, 5.41) is 22.2. The Morgan fingerprint density at radius 3 is 2.61 bits per heavy atom. The second-order valence-electron chi connectivity index (χ2n) is 7.35. The third kappa shape index (κ3) is 3.39. The van der Waals surface area contributed by atoms with Gasteiger partial charge in [-0.1, -0.05) is 0 Å². The summed E-state index contributed by atoms with van der Waals surface area (Å²) < 4.78 is 0. The predicted molar refractivity (Wildman–Crippen MR) is 120 cm³/mol. The Kier molecular flexibility index (Phi) is 4.60. The fraction of sp³-hybridized carbons (Fsp3) is 0.238. The molecular weight excluding hydrogens is 414 g/mol. The first-order chi connectivity index (χ1) is 15.0. The maximum absolute atomic E-state index is 11.1. The van der Waals surface area contributed by atoms with Crippen molar-refractivity contribution in [2.24, 2.45) is 0 Å². The average Bonchev–Trinajstić information content (AvgIpc) is 3.18. The van der Waals surface area contributed by atoms with Crippen LogP contribution in [0.1, 0.15) is 10.4 Å². The summed E-state index contributed by atoms with van der Waals surface area (Å²) in [6, 6.07) is 10.4. The van der Waals surface area contributed by atoms with Gasteiger partial charge < -0.3 is 9.80 Å². The van der Waals surface area contributed by atoms with Crippen LogP contribution in [0.2, 0.25) is 0 Å². The number of non-ortho nitro benzene ring substituents is 1. The molecule has 5 rings (SSSR count). The van der Waals surface area contributed by atoms with Crippen LogP contribution in [-0.4, -0.2) is 46.1 Å². The van der Waals surface area contributed by atoms with Crippen LogP contribution in [-0.2, 0) is 0 Å². The van der Waals surface area contributed by atoms with Crippen LogP contribution >= 0.6 is 11.3 Å². The quantitative estimate of drug-likeness (QED) is 0.357. The van der Waals surface area contributed by atoms with E-state index in [1.54, 1.807) is 29.8 Å². The number of aryl methyl sites for hydroxylation is 1. The third-order valence-corrected chi connectivity index (χ3v) is 6.40. The molecule has 0 bridgehead atoms. The number of piperazine rings is 1. The maximum atomic E-state index is 11.1. The van der Waals surface area contributed by atoms with Crippen LogP contribution in [0.5, 0.6) is 0 Å². The molecule has 31 heavy (non-hydrogen) atoms. The van der Waals surface area contributed by atoms with Crippen molar-refractivity contribution in [1.29, 1.82) is 5.26 Å². The van der Waals surface area contributed by atoms with Crippen LogP contribution in [0.15, 0.2) is 36.7 Å². The predicted octanol–water partition coefficient (Wildman–Crippen LogP) is 3.65. The molecule has 1 aliphatic heterocycles. The fourth-order valence-electron chi connectivity index (χ4n) is 3.93. The molecule has 3 aromatic heterocycles. The largest absolute Gasteiger partial charge is 0.353 e. The average molecular weight is 431 g/mol. The molecule has 0 aliphatic carbocycles. The number of nitrogens with zero attached hydrogens (tertiary/aromatic N) is 7. The highest BCUT2D eigenvalue weighted by Crippen LogP contribution is 2.31. The number of anilines is 2. The van der Waals surface area contributed by atoms with Gasteiger partial charge in [-0.2, -0.15) is 5.26 Å². The summed E-state index contributed by atoms with van der Waals surface area (Å²) in [5.74, 6) is 1.65. The van der Waals surface area contributed by atoms with Crippen molar-refractivity contribution in [2.75, 3.05) is 36.0 Å². The number of thiophene rings is 1. The van der Waals surface area contributed by atoms with E-state index in [0.717, 1.165) is 42.2 Å². The van der Waals surface area contributed by atoms with Gasteiger partial charge >= 0.3 is 0 Å². The second kappa shape index (κ2) is 7.45. The number of benzene rings is 1. The zero-order chi connectivity index (χ0) is 21.5. The molecule has 0 unspecified atom stereocenters. The van der Waals surface area contributed by atoms with E-state index >= 15 is 0 Å². The van der Waals surface area contributed by atoms with Crippen molar-refractivity contribution in [3.8, 4) is 6.07 Å². The Bertz CT molecular complexity index is 1370. The smallest absolute Gasteiger partial charge is 0.270 e. The SMILES string of the molecule is Cc1cc2c(N3CCN(c4cc(C#N)c5cc([N+](=O)[O-])ccc5n4)CC3)ncnc2s1. The summed E-state index contributed by atoms with van der Waals surface area (Å²) in [6.45, 7) is 5.06. The minimum absolute atomic E-state index is 0.0491. The molecule has 1 aromatic carbocycles. The van der Waals surface area contributed by atoms with Crippen LogP contribution in [0.25, 0.3) is 21.1 Å². The molecule has 154 valence electrons. The molecule has 0 atom stereocenters. The molecule has 0 amide bonds. The van der Waals surface area contributed by atoms with Crippen molar-refractivity contribution in [3.63, 3.8) is 0 Å². The molecule has 1 aliphatic rings. The van der Waals surface area contributed by atoms with E-state index in [1.807, 2.05) is 0 Å². The maximum Gasteiger partial charge on any atom is 0.270 e. The zero-order valence-corrected chi connectivity index (χ0v) is 17.5. The topological polar surface area (TPSA) is 112 Å². The first kappa shape index (κ1) is 19.1. The van der Waals surface area contributed by atoms with Crippen molar-refractivity contribution in [1.82, 2.24) is 15.0 Å². The van der Waals surface area contributed by atoms with Crippen LogP contribution in [0.4, 0.5) is 17.3 Å². The van der Waals surface area contributed by atoms with E-state index in [4.69, 9.17) is 0 Å². The monoisotopic (exact) mass is 431 g/mol. The molecule has 10 heteroatoms. The van der Waals surface area contributed by atoms with Gasteiger partial charge in [0.15, 0.2) is 0 Å². The number of pyridine rings is 1. The number of fused-ring (bicyclic) bond motifs is 2. The van der Waals surface area contributed by atoms with E-state index in [1.165, 1.54) is 17.0 Å². The molecule has 9 nitrogen and oxygen atoms in total. The lowest BCUT2D eigenvalue weighted by atomic mass is 10.1. The van der Waals surface area contributed by atoms with Crippen molar-refractivity contribution in [3.05, 3.63) is 57.2 Å². The molecule has 0 N–H and O–H groups in total. The Hall–Kier alpha value is -3.84. The summed E-state index contributed by atoms with van der Waals surface area (Å²) >= 11 is 1.66. The summed E-state index contributed by atoms with van der Waals surface area (Å²) in [4.78, 5) is 30.8. The van der Waals surface area contributed by atoms with E-state index in [2.05, 4.69) is 43.8 Å². The van der Waals surface area contributed by atoms with Gasteiger partial charge in [0.05, 0.1) is 27.5 Å². The van der Waals surface area contributed by atoms with Crippen molar-refractivity contribution < 1.29 is 4.92 Å². The summed E-state index contributed by atoms with van der Waals surface area (Å²) in [7, 11) is 0. The highest BCUT2D eigenvalue weighted by atomic mass is 32.1. The van der Waals surface area contributed by atoms with Gasteiger partial charge in [0.2, 0.25) is 0 Å². The van der Waals surface area contributed by atoms with Crippen molar-refractivity contribution >= 4 is 49.8 Å².